The predicted octanol–water partition coefficient (Wildman–Crippen LogP) is 4.83. The van der Waals surface area contributed by atoms with Gasteiger partial charge >= 0.3 is 0 Å². The van der Waals surface area contributed by atoms with Gasteiger partial charge in [-0.1, -0.05) is 44.2 Å². The van der Waals surface area contributed by atoms with Gasteiger partial charge in [0.05, 0.1) is 23.3 Å². The van der Waals surface area contributed by atoms with Crippen LogP contribution in [0.15, 0.2) is 59.1 Å². The van der Waals surface area contributed by atoms with Crippen molar-refractivity contribution in [2.75, 3.05) is 18.9 Å². The number of amides is 2. The average molecular weight is 440 g/mol. The van der Waals surface area contributed by atoms with Gasteiger partial charge in [-0.2, -0.15) is 0 Å². The van der Waals surface area contributed by atoms with Crippen molar-refractivity contribution in [3.63, 3.8) is 0 Å². The maximum absolute atomic E-state index is 13.1. The van der Waals surface area contributed by atoms with E-state index in [4.69, 9.17) is 0 Å². The van der Waals surface area contributed by atoms with Crippen LogP contribution in [-0.2, 0) is 4.79 Å². The molecule has 0 atom stereocenters. The summed E-state index contributed by atoms with van der Waals surface area (Å²) in [5, 5.41) is 3.61. The molecular formula is C22H22BrN3O2. The second kappa shape index (κ2) is 8.52. The smallest absolute Gasteiger partial charge is 0.254 e. The van der Waals surface area contributed by atoms with E-state index in [1.165, 1.54) is 4.90 Å². The molecule has 144 valence electrons. The third-order valence-corrected chi connectivity index (χ3v) is 5.12. The number of hydrogen-bond donors (Lipinski definition) is 1. The Morgan fingerprint density at radius 3 is 2.50 bits per heavy atom. The van der Waals surface area contributed by atoms with Crippen molar-refractivity contribution in [1.82, 2.24) is 9.88 Å². The van der Waals surface area contributed by atoms with Gasteiger partial charge in [-0.25, -0.2) is 0 Å². The van der Waals surface area contributed by atoms with Crippen molar-refractivity contribution < 1.29 is 9.59 Å². The van der Waals surface area contributed by atoms with E-state index in [1.54, 1.807) is 13.1 Å². The fraction of sp³-hybridized carbons (Fsp3) is 0.227. The van der Waals surface area contributed by atoms with E-state index in [0.29, 0.717) is 11.3 Å². The number of carbonyl (C=O) groups is 2. The minimum Gasteiger partial charge on any atom is -0.332 e. The molecule has 0 aliphatic heterocycles. The van der Waals surface area contributed by atoms with E-state index in [2.05, 4.69) is 26.2 Å². The van der Waals surface area contributed by atoms with Gasteiger partial charge in [0.15, 0.2) is 0 Å². The molecule has 0 fully saturated rings. The van der Waals surface area contributed by atoms with Crippen molar-refractivity contribution >= 4 is 44.3 Å². The first kappa shape index (κ1) is 20.0. The number of nitrogens with zero attached hydrogens (tertiary/aromatic N) is 2. The molecule has 6 heteroatoms. The summed E-state index contributed by atoms with van der Waals surface area (Å²) in [6.45, 7) is 4.04. The Morgan fingerprint density at radius 1 is 1.11 bits per heavy atom. The molecule has 3 rings (SSSR count). The fourth-order valence-electron chi connectivity index (χ4n) is 2.91. The maximum atomic E-state index is 13.1. The lowest BCUT2D eigenvalue weighted by molar-refractivity contribution is -0.116. The maximum Gasteiger partial charge on any atom is 0.254 e. The number of para-hydroxylation sites is 2. The summed E-state index contributed by atoms with van der Waals surface area (Å²) in [6.07, 6.45) is 0. The van der Waals surface area contributed by atoms with Crippen LogP contribution < -0.4 is 5.32 Å². The summed E-state index contributed by atoms with van der Waals surface area (Å²) < 4.78 is 0.791. The largest absolute Gasteiger partial charge is 0.332 e. The van der Waals surface area contributed by atoms with Crippen LogP contribution in [0.2, 0.25) is 0 Å². The number of fused-ring (bicyclic) bond motifs is 1. The highest BCUT2D eigenvalue weighted by Gasteiger charge is 2.20. The molecule has 1 aromatic heterocycles. The quantitative estimate of drug-likeness (QED) is 0.618. The summed E-state index contributed by atoms with van der Waals surface area (Å²) in [5.41, 5.74) is 2.87. The minimum atomic E-state index is -0.259. The van der Waals surface area contributed by atoms with E-state index in [0.717, 1.165) is 21.1 Å². The summed E-state index contributed by atoms with van der Waals surface area (Å²) in [6, 6.07) is 16.8. The van der Waals surface area contributed by atoms with Gasteiger partial charge in [-0.05, 0) is 46.1 Å². The number of anilines is 1. The molecule has 0 spiro atoms. The number of nitrogens with one attached hydrogen (secondary N) is 1. The fourth-order valence-corrected chi connectivity index (χ4v) is 3.30. The van der Waals surface area contributed by atoms with Crippen LogP contribution in [0, 0.1) is 0 Å². The topological polar surface area (TPSA) is 62.3 Å². The molecule has 28 heavy (non-hydrogen) atoms. The molecule has 2 amide bonds. The van der Waals surface area contributed by atoms with E-state index < -0.39 is 0 Å². The summed E-state index contributed by atoms with van der Waals surface area (Å²) in [4.78, 5) is 31.6. The van der Waals surface area contributed by atoms with Gasteiger partial charge in [0.25, 0.3) is 5.91 Å². The molecule has 0 aliphatic carbocycles. The van der Waals surface area contributed by atoms with Crippen molar-refractivity contribution in [3.05, 3.63) is 70.3 Å². The number of hydrogen-bond acceptors (Lipinski definition) is 3. The van der Waals surface area contributed by atoms with Crippen LogP contribution in [0.1, 0.15) is 35.8 Å². The molecule has 0 unspecified atom stereocenters. The molecule has 1 N–H and O–H groups in total. The van der Waals surface area contributed by atoms with Crippen molar-refractivity contribution in [1.29, 1.82) is 0 Å². The number of pyridine rings is 1. The molecule has 5 nitrogen and oxygen atoms in total. The van der Waals surface area contributed by atoms with Crippen LogP contribution in [0.3, 0.4) is 0 Å². The van der Waals surface area contributed by atoms with Crippen molar-refractivity contribution in [2.45, 2.75) is 19.8 Å². The zero-order valence-corrected chi connectivity index (χ0v) is 17.7. The van der Waals surface area contributed by atoms with Gasteiger partial charge in [0.2, 0.25) is 5.91 Å². The Morgan fingerprint density at radius 2 is 1.79 bits per heavy atom. The van der Waals surface area contributed by atoms with Crippen LogP contribution in [0.4, 0.5) is 5.69 Å². The second-order valence-electron chi connectivity index (χ2n) is 6.96. The van der Waals surface area contributed by atoms with Gasteiger partial charge in [0.1, 0.15) is 0 Å². The molecular weight excluding hydrogens is 418 g/mol. The zero-order valence-electron chi connectivity index (χ0n) is 16.1. The summed E-state index contributed by atoms with van der Waals surface area (Å²) >= 11 is 3.40. The van der Waals surface area contributed by atoms with E-state index in [9.17, 15) is 9.59 Å². The second-order valence-corrected chi connectivity index (χ2v) is 7.81. The Kier molecular flexibility index (Phi) is 6.09. The summed E-state index contributed by atoms with van der Waals surface area (Å²) in [7, 11) is 1.63. The molecule has 2 aromatic carbocycles. The van der Waals surface area contributed by atoms with Crippen molar-refractivity contribution in [2.24, 2.45) is 0 Å². The molecule has 3 aromatic rings. The standard InChI is InChI=1S/C22H22BrN3O2/c1-14(2)20-12-16(15-8-4-6-10-18(15)24-20)22(28)26(3)13-21(27)25-19-11-7-5-9-17(19)23/h4-12,14H,13H2,1-3H3,(H,25,27). The molecule has 0 bridgehead atoms. The molecule has 0 aliphatic rings. The number of benzene rings is 2. The Balaban J connectivity index is 1.83. The van der Waals surface area contributed by atoms with Crippen molar-refractivity contribution in [3.8, 4) is 0 Å². The molecule has 0 saturated heterocycles. The molecule has 0 saturated carbocycles. The number of likely N-dealkylation sites (N-methyl/N-ethyl adjacent to an activating group) is 1. The van der Waals surface area contributed by atoms with E-state index >= 15 is 0 Å². The number of rotatable bonds is 5. The van der Waals surface area contributed by atoms with Gasteiger partial charge in [-0.15, -0.1) is 0 Å². The minimum absolute atomic E-state index is 0.0478. The molecule has 1 heterocycles. The van der Waals surface area contributed by atoms with Crippen LogP contribution in [-0.4, -0.2) is 35.3 Å². The van der Waals surface area contributed by atoms with Gasteiger partial charge in [0, 0.05) is 22.6 Å². The van der Waals surface area contributed by atoms with Gasteiger partial charge < -0.3 is 10.2 Å². The number of aromatic nitrogens is 1. The first-order chi connectivity index (χ1) is 13.4. The Hall–Kier alpha value is -2.73. The lowest BCUT2D eigenvalue weighted by atomic mass is 10.0. The van der Waals surface area contributed by atoms with Crippen LogP contribution in [0.5, 0.6) is 0 Å². The van der Waals surface area contributed by atoms with E-state index in [1.807, 2.05) is 62.4 Å². The lowest BCUT2D eigenvalue weighted by Crippen LogP contribution is -2.35. The third-order valence-electron chi connectivity index (χ3n) is 4.43. The SMILES string of the molecule is CC(C)c1cc(C(=O)N(C)CC(=O)Nc2ccccc2Br)c2ccccc2n1. The zero-order chi connectivity index (χ0) is 20.3. The first-order valence-electron chi connectivity index (χ1n) is 9.06. The number of halogens is 1. The Bertz CT molecular complexity index is 1030. The van der Waals surface area contributed by atoms with E-state index in [-0.39, 0.29) is 24.3 Å². The van der Waals surface area contributed by atoms with Gasteiger partial charge in [-0.3, -0.25) is 14.6 Å². The third kappa shape index (κ3) is 4.39. The molecule has 0 radical (unpaired) electrons. The first-order valence-corrected chi connectivity index (χ1v) is 9.85. The average Bonchev–Trinajstić information content (AvgIpc) is 2.68. The lowest BCUT2D eigenvalue weighted by Gasteiger charge is -2.19. The number of carbonyl (C=O) groups excluding carboxylic acids is 2. The van der Waals surface area contributed by atoms with Crippen LogP contribution >= 0.6 is 15.9 Å². The predicted molar refractivity (Wildman–Crippen MR) is 116 cm³/mol. The Labute approximate surface area is 172 Å². The highest BCUT2D eigenvalue weighted by molar-refractivity contribution is 9.10. The highest BCUT2D eigenvalue weighted by atomic mass is 79.9. The monoisotopic (exact) mass is 439 g/mol. The normalized spacial score (nSPS) is 10.9. The van der Waals surface area contributed by atoms with Crippen LogP contribution in [0.25, 0.3) is 10.9 Å². The summed E-state index contributed by atoms with van der Waals surface area (Å²) in [5.74, 6) is -0.270. The highest BCUT2D eigenvalue weighted by Crippen LogP contribution is 2.24.